The summed E-state index contributed by atoms with van der Waals surface area (Å²) in [6.07, 6.45) is 4.09. The largest absolute Gasteiger partial charge is 0.393 e. The lowest BCUT2D eigenvalue weighted by molar-refractivity contribution is -0.134. The number of hydrogen-bond acceptors (Lipinski definition) is 5. The third-order valence-electron chi connectivity index (χ3n) is 16.6. The first-order valence-electron chi connectivity index (χ1n) is 31.7. The first kappa shape index (κ1) is 77.5. The van der Waals surface area contributed by atoms with Gasteiger partial charge < -0.3 is 9.84 Å². The summed E-state index contributed by atoms with van der Waals surface area (Å²) in [5.41, 5.74) is 7.79. The molecule has 1 saturated heterocycles. The number of aliphatic hydroxyl groups is 1. The van der Waals surface area contributed by atoms with Crippen molar-refractivity contribution in [2.75, 3.05) is 44.2 Å². The second-order valence-electron chi connectivity index (χ2n) is 25.7. The normalized spacial score (nSPS) is 18.1. The maximum absolute atomic E-state index is 14.0. The van der Waals surface area contributed by atoms with E-state index in [1.54, 1.807) is 13.2 Å². The number of thioether (sulfide) groups is 1. The summed E-state index contributed by atoms with van der Waals surface area (Å²) >= 11 is 1.93. The highest BCUT2D eigenvalue weighted by Gasteiger charge is 2.44. The number of benzene rings is 6. The predicted octanol–water partition coefficient (Wildman–Crippen LogP) is 20.6. The minimum Gasteiger partial charge on any atom is -0.393 e. The summed E-state index contributed by atoms with van der Waals surface area (Å²) in [6.45, 7) is 30.5. The molecule has 0 saturated carbocycles. The van der Waals surface area contributed by atoms with Crippen LogP contribution in [0, 0.1) is 41.4 Å². The lowest BCUT2D eigenvalue weighted by Gasteiger charge is -2.29. The molecule has 4 nitrogen and oxygen atoms in total. The fraction of sp³-hybridized carbons (Fsp3) is 0.519. The highest BCUT2D eigenvalue weighted by molar-refractivity contribution is 7.99. The SMILES string of the molecule is C=S(C)(=O)C[C@H](c1ccccc1)C(C)C.CC(C)[C@@H](c1ccccc1)[C@H](C)O.CC(C)[C@@H]1CN(C)[C@@H](C(C)F)[C@H]1c1ccccc1.CC(C)[C@H](COC(F)F)c1ccccc1.CC[C@H](c1ccccc1)C(C)C.CSC[C@H](c1ccccc1)C(C)C. The van der Waals surface area contributed by atoms with Gasteiger partial charge in [-0.1, -0.05) is 272 Å². The maximum atomic E-state index is 14.0. The number of alkyl halides is 3. The van der Waals surface area contributed by atoms with Gasteiger partial charge in [-0.25, -0.2) is 4.39 Å². The van der Waals surface area contributed by atoms with Crippen LogP contribution in [0.2, 0.25) is 0 Å². The van der Waals surface area contributed by atoms with Gasteiger partial charge in [0.2, 0.25) is 0 Å². The summed E-state index contributed by atoms with van der Waals surface area (Å²) in [6, 6.07) is 62.2. The van der Waals surface area contributed by atoms with Crippen molar-refractivity contribution in [1.29, 1.82) is 0 Å². The molecule has 11 atom stereocenters. The molecule has 0 aliphatic carbocycles. The number of likely N-dealkylation sites (N-methyl/N-ethyl adjacent to an activating group) is 1. The molecule has 0 spiro atoms. The summed E-state index contributed by atoms with van der Waals surface area (Å²) in [5, 5.41) is 9.64. The Balaban J connectivity index is 0.000000354. The second kappa shape index (κ2) is 41.6. The maximum Gasteiger partial charge on any atom is 0.345 e. The van der Waals surface area contributed by atoms with Crippen molar-refractivity contribution in [1.82, 2.24) is 4.90 Å². The number of likely N-dealkylation sites (tertiary alicyclic amines) is 1. The fourth-order valence-corrected chi connectivity index (χ4v) is 14.3. The minimum atomic E-state index is -2.69. The van der Waals surface area contributed by atoms with E-state index in [0.29, 0.717) is 47.2 Å². The molecule has 6 aromatic rings. The summed E-state index contributed by atoms with van der Waals surface area (Å²) in [5.74, 6) is 11.9. The van der Waals surface area contributed by atoms with Crippen LogP contribution in [0.1, 0.15) is 179 Å². The number of halogens is 3. The van der Waals surface area contributed by atoms with E-state index in [9.17, 15) is 22.5 Å². The van der Waals surface area contributed by atoms with Gasteiger partial charge in [0.1, 0.15) is 6.17 Å². The van der Waals surface area contributed by atoms with Crippen LogP contribution >= 0.6 is 11.8 Å². The quantitative estimate of drug-likeness (QED) is 0.0687. The molecule has 0 radical (unpaired) electrons. The predicted molar refractivity (Wildman–Crippen MR) is 373 cm³/mol. The van der Waals surface area contributed by atoms with Crippen LogP contribution in [0.15, 0.2) is 182 Å². The first-order valence-corrected chi connectivity index (χ1v) is 35.4. The van der Waals surface area contributed by atoms with Crippen LogP contribution in [-0.4, -0.2) is 89.2 Å². The van der Waals surface area contributed by atoms with Crippen molar-refractivity contribution >= 4 is 27.2 Å². The van der Waals surface area contributed by atoms with E-state index in [2.05, 4.69) is 214 Å². The third kappa shape index (κ3) is 28.7. The van der Waals surface area contributed by atoms with Crippen molar-refractivity contribution in [2.45, 2.75) is 171 Å². The Kier molecular flexibility index (Phi) is 37.4. The molecule has 0 bridgehead atoms. The molecule has 6 aromatic carbocycles. The molecule has 0 amide bonds. The van der Waals surface area contributed by atoms with Crippen LogP contribution < -0.4 is 0 Å². The van der Waals surface area contributed by atoms with Crippen molar-refractivity contribution in [3.63, 3.8) is 0 Å². The average molecular weight is 1220 g/mol. The molecule has 478 valence electrons. The molecule has 2 unspecified atom stereocenters. The van der Waals surface area contributed by atoms with Crippen LogP contribution in [0.4, 0.5) is 13.2 Å². The van der Waals surface area contributed by atoms with Gasteiger partial charge in [-0.2, -0.15) is 20.5 Å². The van der Waals surface area contributed by atoms with Gasteiger partial charge in [0.25, 0.3) is 0 Å². The first-order chi connectivity index (χ1) is 40.7. The van der Waals surface area contributed by atoms with E-state index < -0.39 is 22.3 Å². The molecule has 1 heterocycles. The van der Waals surface area contributed by atoms with E-state index in [0.717, 1.165) is 29.9 Å². The highest BCUT2D eigenvalue weighted by atomic mass is 32.2. The standard InChI is InChI=1S/C16H24FN.C13H20OS.C12H16F2O.C12H18O.C12H18S.C12H18/c1-11(2)14-10-18(4)16(12(3)17)15(14)13-8-6-5-7-9-13;1-11(2)13(10-15(3,4)14)12-8-6-5-7-9-12;1-9(2)11(8-15-12(13)14)10-6-4-3-5-7-10;1-9(2)12(10(3)13)11-7-5-4-6-8-11;1-10(2)12(9-13-3)11-7-5-4-6-8-11;1-4-12(10(2)3)11-8-6-5-7-9-11/h5-9,11-12,14-16H,10H2,1-4H3;5-9,11,13H,3,10H2,1-2,4H3;3-7,9,11-12H,8H2,1-2H3;4-10,12-13H,1-3H3;4-8,10,12H,9H2,1-3H3;5-10,12H,4H2,1-3H3/t12?,14-,15-,16-;13-,15?;11-;10-,12+;2*12-/m000000/s1. The van der Waals surface area contributed by atoms with E-state index >= 15 is 0 Å². The Hall–Kier alpha value is -4.64. The Bertz CT molecular complexity index is 2680. The Morgan fingerprint density at radius 3 is 1.20 bits per heavy atom. The zero-order valence-electron chi connectivity index (χ0n) is 56.0. The molecule has 1 fully saturated rings. The van der Waals surface area contributed by atoms with Crippen LogP contribution in [0.25, 0.3) is 0 Å². The highest BCUT2D eigenvalue weighted by Crippen LogP contribution is 2.43. The van der Waals surface area contributed by atoms with E-state index in [1.807, 2.05) is 105 Å². The zero-order valence-corrected chi connectivity index (χ0v) is 57.7. The zero-order chi connectivity index (χ0) is 64.5. The molecule has 0 aromatic heterocycles. The molecular weight excluding hydrogens is 1110 g/mol. The third-order valence-corrected chi connectivity index (χ3v) is 18.4. The van der Waals surface area contributed by atoms with Gasteiger partial charge in [-0.3, -0.25) is 9.11 Å². The van der Waals surface area contributed by atoms with E-state index in [4.69, 9.17) is 0 Å². The smallest absolute Gasteiger partial charge is 0.345 e. The van der Waals surface area contributed by atoms with Gasteiger partial charge in [0, 0.05) is 48.1 Å². The monoisotopic (exact) mass is 1220 g/mol. The number of ether oxygens (including phenoxy) is 1. The number of aliphatic hydroxyl groups excluding tert-OH is 1. The summed E-state index contributed by atoms with van der Waals surface area (Å²) in [7, 11) is 0.138. The number of rotatable bonds is 22. The molecule has 9 heteroatoms. The van der Waals surface area contributed by atoms with Crippen molar-refractivity contribution in [3.8, 4) is 0 Å². The molecule has 1 aliphatic heterocycles. The lowest BCUT2D eigenvalue weighted by atomic mass is 9.77. The van der Waals surface area contributed by atoms with Gasteiger partial charge in [-0.05, 0) is 142 Å². The van der Waals surface area contributed by atoms with Gasteiger partial charge in [0.05, 0.1) is 12.7 Å². The van der Waals surface area contributed by atoms with E-state index in [-0.39, 0.29) is 36.5 Å². The topological polar surface area (TPSA) is 49.8 Å². The minimum absolute atomic E-state index is 0.0137. The van der Waals surface area contributed by atoms with Crippen LogP contribution in [-0.2, 0) is 14.3 Å². The van der Waals surface area contributed by atoms with Gasteiger partial charge in [0.15, 0.2) is 0 Å². The Morgan fingerprint density at radius 1 is 0.547 bits per heavy atom. The van der Waals surface area contributed by atoms with Crippen LogP contribution in [0.3, 0.4) is 0 Å². The van der Waals surface area contributed by atoms with Crippen molar-refractivity contribution in [3.05, 3.63) is 215 Å². The molecular formula is C77H114F3NO3S2. The summed E-state index contributed by atoms with van der Waals surface area (Å²) in [4.78, 5) is 2.20. The Morgan fingerprint density at radius 2 is 0.895 bits per heavy atom. The lowest BCUT2D eigenvalue weighted by Crippen LogP contribution is -2.36. The Labute approximate surface area is 528 Å². The molecule has 7 rings (SSSR count). The van der Waals surface area contributed by atoms with Crippen molar-refractivity contribution < 1.29 is 27.2 Å². The second-order valence-corrected chi connectivity index (χ2v) is 29.3. The van der Waals surface area contributed by atoms with Crippen LogP contribution in [0.5, 0.6) is 0 Å². The average Bonchev–Trinajstić information content (AvgIpc) is 2.48. The van der Waals surface area contributed by atoms with E-state index in [1.165, 1.54) is 40.0 Å². The molecule has 1 N–H and O–H groups in total. The molecule has 86 heavy (non-hydrogen) atoms. The molecule has 1 aliphatic rings. The van der Waals surface area contributed by atoms with Crippen molar-refractivity contribution in [2.24, 2.45) is 41.4 Å². The van der Waals surface area contributed by atoms with Gasteiger partial charge >= 0.3 is 6.61 Å². The van der Waals surface area contributed by atoms with Gasteiger partial charge in [-0.15, -0.1) is 0 Å². The number of nitrogens with zero attached hydrogens (tertiary/aromatic N) is 1. The fourth-order valence-electron chi connectivity index (χ4n) is 12.0. The summed E-state index contributed by atoms with van der Waals surface area (Å²) < 4.78 is 54.0. The number of hydrogen-bond donors (Lipinski definition) is 1.